The molecule has 0 aliphatic heterocycles. The lowest BCUT2D eigenvalue weighted by Crippen LogP contribution is -2.37. The Hall–Kier alpha value is -2.58. The van der Waals surface area contributed by atoms with Gasteiger partial charge in [-0.3, -0.25) is 13.8 Å². The van der Waals surface area contributed by atoms with E-state index in [-0.39, 0.29) is 25.8 Å². The molecule has 0 radical (unpaired) electrons. The smallest absolute Gasteiger partial charge is 0.457 e. The third kappa shape index (κ3) is 50.3. The van der Waals surface area contributed by atoms with E-state index in [9.17, 15) is 14.3 Å². The summed E-state index contributed by atoms with van der Waals surface area (Å²) in [6.45, 7) is 5.32. The maximum absolute atomic E-state index is 12.8. The standard InChI is InChI=1S/C54H94NO7P/c1-6-8-10-12-14-16-18-20-22-24-26-28-29-31-33-35-37-39-41-43-45-47-54(56)62-53(52-61-63(57,58)60-50-48-55(3,4)5)51-59-49-46-44-42-40-38-36-34-32-30-27-25-23-21-19-17-15-13-11-9-7-2/h9,11,15,17-18,20-21,23-24,26-27,30,34,36,40,42,53H,6-8,10,12-14,16,19,22,25,28-29,31-33,35,37-39,41,43-52H2,1-5H3/p+1/b11-9-,17-15-,20-18-,23-21-,26-24-,30-27-,36-34-,42-40-. The number of phosphoric acid groups is 1. The first kappa shape index (κ1) is 60.4. The number of rotatable bonds is 45. The van der Waals surface area contributed by atoms with Crippen molar-refractivity contribution in [2.45, 2.75) is 187 Å². The molecule has 0 aliphatic rings. The number of carbonyl (C=O) groups excluding carboxylic acids is 1. The molecule has 0 heterocycles. The van der Waals surface area contributed by atoms with Gasteiger partial charge in [-0.15, -0.1) is 0 Å². The molecule has 0 saturated heterocycles. The van der Waals surface area contributed by atoms with Crippen molar-refractivity contribution in [2.24, 2.45) is 0 Å². The minimum absolute atomic E-state index is 0.0715. The predicted molar refractivity (Wildman–Crippen MR) is 270 cm³/mol. The molecule has 0 rings (SSSR count). The molecule has 362 valence electrons. The van der Waals surface area contributed by atoms with Crippen LogP contribution >= 0.6 is 7.82 Å². The Morgan fingerprint density at radius 2 is 0.921 bits per heavy atom. The van der Waals surface area contributed by atoms with E-state index < -0.39 is 13.9 Å². The average molecular weight is 901 g/mol. The zero-order valence-electron chi connectivity index (χ0n) is 41.0. The zero-order valence-corrected chi connectivity index (χ0v) is 41.9. The number of carbonyl (C=O) groups is 1. The van der Waals surface area contributed by atoms with E-state index in [2.05, 4.69) is 111 Å². The molecular weight excluding hydrogens is 806 g/mol. The summed E-state index contributed by atoms with van der Waals surface area (Å²) in [6, 6.07) is 0. The predicted octanol–water partition coefficient (Wildman–Crippen LogP) is 15.4. The van der Waals surface area contributed by atoms with Crippen LogP contribution in [-0.2, 0) is 27.9 Å². The largest absolute Gasteiger partial charge is 0.472 e. The van der Waals surface area contributed by atoms with Crippen LogP contribution in [0.3, 0.4) is 0 Å². The number of likely N-dealkylation sites (N-methyl/N-ethyl adjacent to an activating group) is 1. The van der Waals surface area contributed by atoms with Gasteiger partial charge in [0.15, 0.2) is 0 Å². The van der Waals surface area contributed by atoms with Gasteiger partial charge in [0.1, 0.15) is 19.3 Å². The van der Waals surface area contributed by atoms with Crippen LogP contribution < -0.4 is 0 Å². The molecule has 0 aromatic heterocycles. The number of hydrogen-bond donors (Lipinski definition) is 1. The van der Waals surface area contributed by atoms with Crippen molar-refractivity contribution in [3.05, 3.63) is 97.2 Å². The number of phosphoric ester groups is 1. The van der Waals surface area contributed by atoms with Crippen LogP contribution in [0.2, 0.25) is 0 Å². The molecule has 0 amide bonds. The highest BCUT2D eigenvalue weighted by Crippen LogP contribution is 2.43. The van der Waals surface area contributed by atoms with E-state index in [0.717, 1.165) is 77.0 Å². The van der Waals surface area contributed by atoms with Crippen LogP contribution in [0.4, 0.5) is 0 Å². The van der Waals surface area contributed by atoms with Gasteiger partial charge in [0, 0.05) is 13.0 Å². The van der Waals surface area contributed by atoms with Gasteiger partial charge in [-0.2, -0.15) is 0 Å². The third-order valence-corrected chi connectivity index (χ3v) is 11.1. The fourth-order valence-corrected chi connectivity index (χ4v) is 7.05. The number of esters is 1. The van der Waals surface area contributed by atoms with Gasteiger partial charge < -0.3 is 18.9 Å². The Kier molecular flexibility index (Phi) is 44.1. The highest BCUT2D eigenvalue weighted by molar-refractivity contribution is 7.47. The van der Waals surface area contributed by atoms with Crippen LogP contribution in [0.25, 0.3) is 0 Å². The van der Waals surface area contributed by atoms with Gasteiger partial charge in [0.25, 0.3) is 0 Å². The lowest BCUT2D eigenvalue weighted by molar-refractivity contribution is -0.870. The maximum atomic E-state index is 12.8. The van der Waals surface area contributed by atoms with E-state index in [4.69, 9.17) is 18.5 Å². The lowest BCUT2D eigenvalue weighted by Gasteiger charge is -2.24. The second-order valence-electron chi connectivity index (χ2n) is 17.5. The molecule has 0 bridgehead atoms. The van der Waals surface area contributed by atoms with Crippen molar-refractivity contribution in [1.29, 1.82) is 0 Å². The summed E-state index contributed by atoms with van der Waals surface area (Å²) in [5.41, 5.74) is 0. The Morgan fingerprint density at radius 1 is 0.508 bits per heavy atom. The van der Waals surface area contributed by atoms with Crippen molar-refractivity contribution in [3.63, 3.8) is 0 Å². The number of unbranched alkanes of at least 4 members (excludes halogenated alkanes) is 15. The molecule has 0 aromatic rings. The van der Waals surface area contributed by atoms with Crippen molar-refractivity contribution in [1.82, 2.24) is 0 Å². The van der Waals surface area contributed by atoms with Gasteiger partial charge >= 0.3 is 13.8 Å². The lowest BCUT2D eigenvalue weighted by atomic mass is 10.1. The first-order chi connectivity index (χ1) is 30.6. The van der Waals surface area contributed by atoms with Crippen molar-refractivity contribution >= 4 is 13.8 Å². The van der Waals surface area contributed by atoms with Crippen molar-refractivity contribution < 1.29 is 37.3 Å². The van der Waals surface area contributed by atoms with E-state index in [0.29, 0.717) is 24.1 Å². The highest BCUT2D eigenvalue weighted by atomic mass is 31.2. The van der Waals surface area contributed by atoms with E-state index in [1.165, 1.54) is 83.5 Å². The Morgan fingerprint density at radius 3 is 1.38 bits per heavy atom. The molecule has 0 saturated carbocycles. The minimum Gasteiger partial charge on any atom is -0.457 e. The summed E-state index contributed by atoms with van der Waals surface area (Å²) in [6.07, 6.45) is 63.2. The zero-order chi connectivity index (χ0) is 46.2. The topological polar surface area (TPSA) is 91.3 Å². The summed E-state index contributed by atoms with van der Waals surface area (Å²) in [5.74, 6) is -0.341. The molecule has 8 nitrogen and oxygen atoms in total. The maximum Gasteiger partial charge on any atom is 0.472 e. The molecule has 63 heavy (non-hydrogen) atoms. The molecule has 2 unspecified atom stereocenters. The molecule has 0 fully saturated rings. The summed E-state index contributed by atoms with van der Waals surface area (Å²) in [5, 5.41) is 0. The monoisotopic (exact) mass is 901 g/mol. The summed E-state index contributed by atoms with van der Waals surface area (Å²) < 4.78 is 35.0. The van der Waals surface area contributed by atoms with Crippen LogP contribution in [-0.4, -0.2) is 75.6 Å². The first-order valence-corrected chi connectivity index (χ1v) is 26.5. The Bertz CT molecular complexity index is 1320. The van der Waals surface area contributed by atoms with Gasteiger partial charge in [-0.05, 0) is 89.9 Å². The van der Waals surface area contributed by atoms with Crippen LogP contribution in [0.15, 0.2) is 97.2 Å². The molecule has 1 N–H and O–H groups in total. The third-order valence-electron chi connectivity index (χ3n) is 10.1. The molecule has 9 heteroatoms. The van der Waals surface area contributed by atoms with E-state index >= 15 is 0 Å². The number of ether oxygens (including phenoxy) is 2. The molecule has 0 aromatic carbocycles. The fraction of sp³-hybridized carbons (Fsp3) is 0.685. The quantitative estimate of drug-likeness (QED) is 0.0214. The molecule has 0 spiro atoms. The first-order valence-electron chi connectivity index (χ1n) is 25.0. The number of quaternary nitrogens is 1. The van der Waals surface area contributed by atoms with Crippen molar-refractivity contribution in [2.75, 3.05) is 54.1 Å². The van der Waals surface area contributed by atoms with E-state index in [1.807, 2.05) is 21.1 Å². The van der Waals surface area contributed by atoms with Crippen LogP contribution in [0, 0.1) is 0 Å². The summed E-state index contributed by atoms with van der Waals surface area (Å²) >= 11 is 0. The van der Waals surface area contributed by atoms with Crippen molar-refractivity contribution in [3.8, 4) is 0 Å². The van der Waals surface area contributed by atoms with Gasteiger partial charge in [0.2, 0.25) is 0 Å². The summed E-state index contributed by atoms with van der Waals surface area (Å²) in [4.78, 5) is 23.0. The van der Waals surface area contributed by atoms with Gasteiger partial charge in [-0.25, -0.2) is 4.57 Å². The Balaban J connectivity index is 4.30. The fourth-order valence-electron chi connectivity index (χ4n) is 6.30. The minimum atomic E-state index is -4.30. The normalized spacial score (nSPS) is 14.4. The second kappa shape index (κ2) is 46.0. The highest BCUT2D eigenvalue weighted by Gasteiger charge is 2.26. The SMILES string of the molecule is CC/C=C\C/C=C\C/C=C\C/C=C\C/C=C\C/C=C\CCCOCC(COP(=O)(O)OCC[N+](C)(C)C)OC(=O)CCCCCCCCCCC/C=C\C/C=C\CCCCCCC. The van der Waals surface area contributed by atoms with Crippen LogP contribution in [0.5, 0.6) is 0 Å². The number of allylic oxidation sites excluding steroid dienone is 16. The Labute approximate surface area is 387 Å². The number of hydrogen-bond acceptors (Lipinski definition) is 6. The molecule has 0 aliphatic carbocycles. The van der Waals surface area contributed by atoms with Crippen LogP contribution in [0.1, 0.15) is 181 Å². The molecular formula is C54H95NO7P+. The average Bonchev–Trinajstić information content (AvgIpc) is 3.24. The van der Waals surface area contributed by atoms with E-state index in [1.54, 1.807) is 0 Å². The summed E-state index contributed by atoms with van der Waals surface area (Å²) in [7, 11) is 1.61. The second-order valence-corrected chi connectivity index (χ2v) is 18.9. The van der Waals surface area contributed by atoms with Gasteiger partial charge in [-0.1, -0.05) is 182 Å². The van der Waals surface area contributed by atoms with Gasteiger partial charge in [0.05, 0.1) is 34.4 Å². The number of nitrogens with zero attached hydrogens (tertiary/aromatic N) is 1. The molecule has 2 atom stereocenters.